The van der Waals surface area contributed by atoms with Gasteiger partial charge < -0.3 is 14.7 Å². The lowest BCUT2D eigenvalue weighted by Gasteiger charge is -2.34. The van der Waals surface area contributed by atoms with Crippen LogP contribution in [0.4, 0.5) is 5.95 Å². The zero-order chi connectivity index (χ0) is 18.6. The first kappa shape index (κ1) is 17.5. The summed E-state index contributed by atoms with van der Waals surface area (Å²) in [4.78, 5) is 2.18. The Kier molecular flexibility index (Phi) is 5.02. The number of hydrogen-bond acceptors (Lipinski definition) is 6. The van der Waals surface area contributed by atoms with E-state index in [0.29, 0.717) is 0 Å². The van der Waals surface area contributed by atoms with Crippen LogP contribution in [-0.2, 0) is 0 Å². The summed E-state index contributed by atoms with van der Waals surface area (Å²) >= 11 is 0. The summed E-state index contributed by atoms with van der Waals surface area (Å²) in [5.74, 6) is 1.77. The molecule has 1 atom stereocenters. The van der Waals surface area contributed by atoms with E-state index in [1.165, 1.54) is 0 Å². The van der Waals surface area contributed by atoms with Gasteiger partial charge in [0.25, 0.3) is 0 Å². The second kappa shape index (κ2) is 7.75. The SMILES string of the molecule is COc1ccc(C(O)C2CCN(c3nnnn3-c3ccccc3)CC2)cc1. The van der Waals surface area contributed by atoms with Gasteiger partial charge in [-0.3, -0.25) is 0 Å². The fourth-order valence-electron chi connectivity index (χ4n) is 3.60. The first-order valence-corrected chi connectivity index (χ1v) is 9.17. The zero-order valence-electron chi connectivity index (χ0n) is 15.3. The minimum absolute atomic E-state index is 0.218. The molecule has 1 aromatic heterocycles. The third-order valence-corrected chi connectivity index (χ3v) is 5.18. The molecule has 7 heteroatoms. The van der Waals surface area contributed by atoms with Gasteiger partial charge >= 0.3 is 0 Å². The monoisotopic (exact) mass is 365 g/mol. The zero-order valence-corrected chi connectivity index (χ0v) is 15.3. The number of methoxy groups -OCH3 is 1. The smallest absolute Gasteiger partial charge is 0.250 e. The standard InChI is InChI=1S/C20H23N5O2/c1-27-18-9-7-15(8-10-18)19(26)16-11-13-24(14-12-16)20-21-22-23-25(20)17-5-3-2-4-6-17/h2-10,16,19,26H,11-14H2,1H3. The number of anilines is 1. The van der Waals surface area contributed by atoms with E-state index in [0.717, 1.165) is 48.9 Å². The Balaban J connectivity index is 1.43. The van der Waals surface area contributed by atoms with Gasteiger partial charge in [0.2, 0.25) is 5.95 Å². The van der Waals surface area contributed by atoms with Crippen molar-refractivity contribution in [3.63, 3.8) is 0 Å². The van der Waals surface area contributed by atoms with Gasteiger partial charge in [-0.25, -0.2) is 0 Å². The highest BCUT2D eigenvalue weighted by atomic mass is 16.5. The van der Waals surface area contributed by atoms with Crippen LogP contribution in [0.1, 0.15) is 24.5 Å². The van der Waals surface area contributed by atoms with E-state index in [-0.39, 0.29) is 5.92 Å². The van der Waals surface area contributed by atoms with Crippen LogP contribution in [0, 0.1) is 5.92 Å². The molecule has 1 aliphatic heterocycles. The maximum absolute atomic E-state index is 10.8. The lowest BCUT2D eigenvalue weighted by Crippen LogP contribution is -2.37. The van der Waals surface area contributed by atoms with Gasteiger partial charge in [-0.1, -0.05) is 35.4 Å². The lowest BCUT2D eigenvalue weighted by molar-refractivity contribution is 0.0927. The molecule has 0 amide bonds. The van der Waals surface area contributed by atoms with Gasteiger partial charge in [-0.2, -0.15) is 4.68 Å². The first-order chi connectivity index (χ1) is 13.3. The highest BCUT2D eigenvalue weighted by Crippen LogP contribution is 2.32. The van der Waals surface area contributed by atoms with Crippen molar-refractivity contribution in [3.05, 3.63) is 60.2 Å². The second-order valence-corrected chi connectivity index (χ2v) is 6.77. The number of benzene rings is 2. The van der Waals surface area contributed by atoms with E-state index in [1.807, 2.05) is 54.6 Å². The summed E-state index contributed by atoms with van der Waals surface area (Å²) in [6.45, 7) is 1.62. The topological polar surface area (TPSA) is 76.3 Å². The van der Waals surface area contributed by atoms with Gasteiger partial charge in [0.15, 0.2) is 0 Å². The molecular weight excluding hydrogens is 342 g/mol. The molecule has 1 saturated heterocycles. The van der Waals surface area contributed by atoms with E-state index in [9.17, 15) is 5.11 Å². The Labute approximate surface area is 158 Å². The van der Waals surface area contributed by atoms with Crippen LogP contribution in [0.15, 0.2) is 54.6 Å². The molecule has 0 bridgehead atoms. The van der Waals surface area contributed by atoms with Crippen molar-refractivity contribution >= 4 is 5.95 Å². The minimum atomic E-state index is -0.469. The number of tetrazole rings is 1. The molecule has 4 rings (SSSR count). The van der Waals surface area contributed by atoms with E-state index >= 15 is 0 Å². The van der Waals surface area contributed by atoms with Gasteiger partial charge in [0, 0.05) is 13.1 Å². The highest BCUT2D eigenvalue weighted by molar-refractivity contribution is 5.40. The molecule has 0 aliphatic carbocycles. The Hall–Kier alpha value is -2.93. The van der Waals surface area contributed by atoms with Crippen LogP contribution in [0.5, 0.6) is 5.75 Å². The largest absolute Gasteiger partial charge is 0.497 e. The molecule has 140 valence electrons. The maximum atomic E-state index is 10.8. The van der Waals surface area contributed by atoms with Crippen LogP contribution in [-0.4, -0.2) is 45.5 Å². The molecule has 7 nitrogen and oxygen atoms in total. The number of rotatable bonds is 5. The molecule has 1 aliphatic rings. The average molecular weight is 365 g/mol. The van der Waals surface area contributed by atoms with Gasteiger partial charge in [0.05, 0.1) is 18.9 Å². The van der Waals surface area contributed by atoms with Crippen molar-refractivity contribution in [1.82, 2.24) is 20.2 Å². The number of para-hydroxylation sites is 1. The Morgan fingerprint density at radius 2 is 1.74 bits per heavy atom. The number of aliphatic hydroxyl groups excluding tert-OH is 1. The van der Waals surface area contributed by atoms with Crippen molar-refractivity contribution in [2.45, 2.75) is 18.9 Å². The molecule has 0 radical (unpaired) electrons. The second-order valence-electron chi connectivity index (χ2n) is 6.77. The van der Waals surface area contributed by atoms with Crippen molar-refractivity contribution in [3.8, 4) is 11.4 Å². The molecule has 27 heavy (non-hydrogen) atoms. The summed E-state index contributed by atoms with van der Waals surface area (Å²) in [5, 5.41) is 23.0. The normalized spacial score (nSPS) is 16.3. The summed E-state index contributed by atoms with van der Waals surface area (Å²) < 4.78 is 6.95. The molecule has 1 N–H and O–H groups in total. The van der Waals surface area contributed by atoms with E-state index in [4.69, 9.17) is 4.74 Å². The number of hydrogen-bond donors (Lipinski definition) is 1. The number of piperidine rings is 1. The number of aromatic nitrogens is 4. The van der Waals surface area contributed by atoms with Crippen molar-refractivity contribution in [2.75, 3.05) is 25.1 Å². The van der Waals surface area contributed by atoms with Crippen LogP contribution in [0.3, 0.4) is 0 Å². The average Bonchev–Trinajstić information content (AvgIpc) is 3.24. The maximum Gasteiger partial charge on any atom is 0.250 e. The van der Waals surface area contributed by atoms with E-state index in [2.05, 4.69) is 20.4 Å². The molecule has 3 aromatic rings. The van der Waals surface area contributed by atoms with E-state index in [1.54, 1.807) is 11.8 Å². The minimum Gasteiger partial charge on any atom is -0.497 e. The van der Waals surface area contributed by atoms with E-state index < -0.39 is 6.10 Å². The molecule has 2 heterocycles. The first-order valence-electron chi connectivity index (χ1n) is 9.17. The van der Waals surface area contributed by atoms with Crippen molar-refractivity contribution < 1.29 is 9.84 Å². The van der Waals surface area contributed by atoms with Crippen LogP contribution in [0.2, 0.25) is 0 Å². The quantitative estimate of drug-likeness (QED) is 0.749. The lowest BCUT2D eigenvalue weighted by atomic mass is 9.87. The predicted octanol–water partition coefficient (Wildman–Crippen LogP) is 2.62. The Morgan fingerprint density at radius 3 is 2.41 bits per heavy atom. The molecule has 0 saturated carbocycles. The van der Waals surface area contributed by atoms with Crippen LogP contribution < -0.4 is 9.64 Å². The fourth-order valence-corrected chi connectivity index (χ4v) is 3.60. The van der Waals surface area contributed by atoms with Crippen molar-refractivity contribution in [1.29, 1.82) is 0 Å². The molecule has 1 unspecified atom stereocenters. The summed E-state index contributed by atoms with van der Waals surface area (Å²) in [6, 6.07) is 17.5. The summed E-state index contributed by atoms with van der Waals surface area (Å²) in [7, 11) is 1.64. The van der Waals surface area contributed by atoms with Crippen molar-refractivity contribution in [2.24, 2.45) is 5.92 Å². The highest BCUT2D eigenvalue weighted by Gasteiger charge is 2.28. The van der Waals surface area contributed by atoms with Crippen LogP contribution >= 0.6 is 0 Å². The number of ether oxygens (including phenoxy) is 1. The number of nitrogens with zero attached hydrogens (tertiary/aromatic N) is 5. The van der Waals surface area contributed by atoms with Gasteiger partial charge in [0.1, 0.15) is 5.75 Å². The van der Waals surface area contributed by atoms with Gasteiger partial charge in [-0.15, -0.1) is 0 Å². The Morgan fingerprint density at radius 1 is 1.04 bits per heavy atom. The third-order valence-electron chi connectivity index (χ3n) is 5.18. The fraction of sp³-hybridized carbons (Fsp3) is 0.350. The molecule has 1 fully saturated rings. The molecular formula is C20H23N5O2. The Bertz CT molecular complexity index is 858. The van der Waals surface area contributed by atoms with Gasteiger partial charge in [-0.05, 0) is 59.0 Å². The summed E-state index contributed by atoms with van der Waals surface area (Å²) in [5.41, 5.74) is 1.88. The molecule has 2 aromatic carbocycles. The predicted molar refractivity (Wildman–Crippen MR) is 102 cm³/mol. The number of aliphatic hydroxyl groups is 1. The molecule has 0 spiro atoms. The summed E-state index contributed by atoms with van der Waals surface area (Å²) in [6.07, 6.45) is 1.30. The third kappa shape index (κ3) is 3.64. The van der Waals surface area contributed by atoms with Crippen LogP contribution in [0.25, 0.3) is 5.69 Å².